The quantitative estimate of drug-likeness (QED) is 0.755. The zero-order valence-corrected chi connectivity index (χ0v) is 13.6. The van der Waals surface area contributed by atoms with Gasteiger partial charge in [0.1, 0.15) is 0 Å². The van der Waals surface area contributed by atoms with Crippen LogP contribution < -0.4 is 0 Å². The number of nitrogens with zero attached hydrogens (tertiary/aromatic N) is 2. The third kappa shape index (κ3) is 3.61. The van der Waals surface area contributed by atoms with Crippen molar-refractivity contribution in [3.05, 3.63) is 18.0 Å². The predicted molar refractivity (Wildman–Crippen MR) is 81.9 cm³/mol. The molecule has 0 aliphatic carbocycles. The first-order valence-corrected chi connectivity index (χ1v) is 7.84. The van der Waals surface area contributed by atoms with Crippen LogP contribution in [-0.2, 0) is 11.2 Å². The SMILES string of the molecule is CCC(CC)n1ccc(CC(O)C(CC)(CC)OC)n1. The summed E-state index contributed by atoms with van der Waals surface area (Å²) in [4.78, 5) is 0. The summed E-state index contributed by atoms with van der Waals surface area (Å²) >= 11 is 0. The van der Waals surface area contributed by atoms with Gasteiger partial charge < -0.3 is 9.84 Å². The summed E-state index contributed by atoms with van der Waals surface area (Å²) in [6.45, 7) is 8.46. The van der Waals surface area contributed by atoms with Crippen molar-refractivity contribution in [3.8, 4) is 0 Å². The van der Waals surface area contributed by atoms with E-state index in [1.54, 1.807) is 7.11 Å². The summed E-state index contributed by atoms with van der Waals surface area (Å²) in [5.74, 6) is 0. The molecule has 0 amide bonds. The smallest absolute Gasteiger partial charge is 0.0935 e. The van der Waals surface area contributed by atoms with Crippen molar-refractivity contribution in [2.24, 2.45) is 0 Å². The Morgan fingerprint density at radius 3 is 2.30 bits per heavy atom. The monoisotopic (exact) mass is 282 g/mol. The zero-order chi connectivity index (χ0) is 15.2. The maximum absolute atomic E-state index is 10.5. The minimum Gasteiger partial charge on any atom is -0.390 e. The topological polar surface area (TPSA) is 47.3 Å². The van der Waals surface area contributed by atoms with Crippen LogP contribution in [0.3, 0.4) is 0 Å². The van der Waals surface area contributed by atoms with E-state index in [0.717, 1.165) is 31.4 Å². The molecule has 1 unspecified atom stereocenters. The van der Waals surface area contributed by atoms with Gasteiger partial charge in [-0.25, -0.2) is 0 Å². The van der Waals surface area contributed by atoms with E-state index < -0.39 is 11.7 Å². The van der Waals surface area contributed by atoms with Gasteiger partial charge in [-0.05, 0) is 31.7 Å². The molecule has 0 aliphatic rings. The van der Waals surface area contributed by atoms with Crippen molar-refractivity contribution >= 4 is 0 Å². The Morgan fingerprint density at radius 2 is 1.85 bits per heavy atom. The van der Waals surface area contributed by atoms with Gasteiger partial charge in [0.25, 0.3) is 0 Å². The summed E-state index contributed by atoms with van der Waals surface area (Å²) in [6, 6.07) is 2.46. The highest BCUT2D eigenvalue weighted by atomic mass is 16.5. The number of rotatable bonds is 9. The third-order valence-corrected chi connectivity index (χ3v) is 4.59. The van der Waals surface area contributed by atoms with Gasteiger partial charge in [0.2, 0.25) is 0 Å². The zero-order valence-electron chi connectivity index (χ0n) is 13.6. The summed E-state index contributed by atoms with van der Waals surface area (Å²) in [7, 11) is 1.68. The average Bonchev–Trinajstić information content (AvgIpc) is 2.91. The van der Waals surface area contributed by atoms with E-state index >= 15 is 0 Å². The van der Waals surface area contributed by atoms with E-state index in [1.807, 2.05) is 16.9 Å². The molecule has 116 valence electrons. The summed E-state index contributed by atoms with van der Waals surface area (Å²) in [5.41, 5.74) is 0.478. The molecule has 0 radical (unpaired) electrons. The molecule has 1 N–H and O–H groups in total. The van der Waals surface area contributed by atoms with Crippen molar-refractivity contribution in [1.82, 2.24) is 9.78 Å². The Kier molecular flexibility index (Phi) is 6.69. The molecule has 4 heteroatoms. The number of hydrogen-bond donors (Lipinski definition) is 1. The predicted octanol–water partition coefficient (Wildman–Crippen LogP) is 3.35. The summed E-state index contributed by atoms with van der Waals surface area (Å²) < 4.78 is 7.60. The van der Waals surface area contributed by atoms with E-state index in [4.69, 9.17) is 4.74 Å². The number of aliphatic hydroxyl groups excluding tert-OH is 1. The van der Waals surface area contributed by atoms with Crippen LogP contribution in [-0.4, -0.2) is 33.7 Å². The molecular formula is C16H30N2O2. The molecule has 1 aromatic rings. The minimum absolute atomic E-state index is 0.449. The third-order valence-electron chi connectivity index (χ3n) is 4.59. The molecule has 0 aliphatic heterocycles. The second-order valence-electron chi connectivity index (χ2n) is 5.45. The maximum Gasteiger partial charge on any atom is 0.0935 e. The standard InChI is InChI=1S/C16H30N2O2/c1-6-14(7-2)18-11-10-13(17-18)12-15(19)16(8-3,9-4)20-5/h10-11,14-15,19H,6-9,12H2,1-5H3. The van der Waals surface area contributed by atoms with Gasteiger partial charge >= 0.3 is 0 Å². The second kappa shape index (κ2) is 7.79. The van der Waals surface area contributed by atoms with Gasteiger partial charge in [0, 0.05) is 19.7 Å². The lowest BCUT2D eigenvalue weighted by Crippen LogP contribution is -2.44. The van der Waals surface area contributed by atoms with E-state index in [1.165, 1.54) is 0 Å². The molecule has 0 saturated heterocycles. The first kappa shape index (κ1) is 17.2. The highest BCUT2D eigenvalue weighted by Gasteiger charge is 2.34. The minimum atomic E-state index is -0.521. The fraction of sp³-hybridized carbons (Fsp3) is 0.812. The molecule has 1 atom stereocenters. The molecule has 0 bridgehead atoms. The molecule has 0 fully saturated rings. The van der Waals surface area contributed by atoms with Crippen LogP contribution in [0.15, 0.2) is 12.3 Å². The van der Waals surface area contributed by atoms with Gasteiger partial charge in [-0.3, -0.25) is 4.68 Å². The van der Waals surface area contributed by atoms with Crippen molar-refractivity contribution in [2.75, 3.05) is 7.11 Å². The Bertz CT molecular complexity index is 373. The average molecular weight is 282 g/mol. The second-order valence-corrected chi connectivity index (χ2v) is 5.45. The largest absolute Gasteiger partial charge is 0.390 e. The van der Waals surface area contributed by atoms with Crippen LogP contribution in [0.5, 0.6) is 0 Å². The Balaban J connectivity index is 2.78. The molecule has 0 aromatic carbocycles. The van der Waals surface area contributed by atoms with Crippen LogP contribution in [0.1, 0.15) is 65.1 Å². The van der Waals surface area contributed by atoms with Gasteiger partial charge in [0.05, 0.1) is 23.4 Å². The van der Waals surface area contributed by atoms with Gasteiger partial charge in [0.15, 0.2) is 0 Å². The Labute approximate surface area is 123 Å². The van der Waals surface area contributed by atoms with Crippen molar-refractivity contribution in [3.63, 3.8) is 0 Å². The van der Waals surface area contributed by atoms with Crippen LogP contribution in [0, 0.1) is 0 Å². The lowest BCUT2D eigenvalue weighted by atomic mass is 9.88. The number of aromatic nitrogens is 2. The first-order chi connectivity index (χ1) is 9.56. The fourth-order valence-corrected chi connectivity index (χ4v) is 2.88. The molecule has 0 spiro atoms. The van der Waals surface area contributed by atoms with Crippen molar-refractivity contribution < 1.29 is 9.84 Å². The lowest BCUT2D eigenvalue weighted by Gasteiger charge is -2.34. The highest BCUT2D eigenvalue weighted by Crippen LogP contribution is 2.26. The molecule has 0 saturated carbocycles. The van der Waals surface area contributed by atoms with Crippen LogP contribution in [0.2, 0.25) is 0 Å². The van der Waals surface area contributed by atoms with E-state index in [9.17, 15) is 5.11 Å². The fourth-order valence-electron chi connectivity index (χ4n) is 2.88. The van der Waals surface area contributed by atoms with Crippen molar-refractivity contribution in [2.45, 2.75) is 77.5 Å². The van der Waals surface area contributed by atoms with Crippen LogP contribution in [0.4, 0.5) is 0 Å². The molecular weight excluding hydrogens is 252 g/mol. The van der Waals surface area contributed by atoms with E-state index in [2.05, 4.69) is 32.8 Å². The van der Waals surface area contributed by atoms with Gasteiger partial charge in [-0.1, -0.05) is 27.7 Å². The van der Waals surface area contributed by atoms with E-state index in [0.29, 0.717) is 12.5 Å². The van der Waals surface area contributed by atoms with Crippen LogP contribution >= 0.6 is 0 Å². The molecule has 1 aromatic heterocycles. The summed E-state index contributed by atoms with van der Waals surface area (Å²) in [5, 5.41) is 15.1. The lowest BCUT2D eigenvalue weighted by molar-refractivity contribution is -0.107. The first-order valence-electron chi connectivity index (χ1n) is 7.84. The number of hydrogen-bond acceptors (Lipinski definition) is 3. The van der Waals surface area contributed by atoms with Gasteiger partial charge in [-0.15, -0.1) is 0 Å². The number of aliphatic hydroxyl groups is 1. The van der Waals surface area contributed by atoms with E-state index in [-0.39, 0.29) is 0 Å². The maximum atomic E-state index is 10.5. The van der Waals surface area contributed by atoms with Crippen molar-refractivity contribution in [1.29, 1.82) is 0 Å². The molecule has 1 heterocycles. The molecule has 20 heavy (non-hydrogen) atoms. The van der Waals surface area contributed by atoms with Gasteiger partial charge in [-0.2, -0.15) is 5.10 Å². The van der Waals surface area contributed by atoms with Crippen LogP contribution in [0.25, 0.3) is 0 Å². The molecule has 4 nitrogen and oxygen atoms in total. The number of ether oxygens (including phenoxy) is 1. The number of methoxy groups -OCH3 is 1. The normalized spacial score (nSPS) is 13.9. The molecule has 1 rings (SSSR count). The Hall–Kier alpha value is -0.870. The highest BCUT2D eigenvalue weighted by molar-refractivity contribution is 5.04. The summed E-state index contributed by atoms with van der Waals surface area (Å²) in [6.07, 6.45) is 5.79. The Morgan fingerprint density at radius 1 is 1.25 bits per heavy atom.